The van der Waals surface area contributed by atoms with E-state index in [4.69, 9.17) is 0 Å². The lowest BCUT2D eigenvalue weighted by Crippen LogP contribution is -1.99. The molecule has 2 aromatic rings. The SMILES string of the molecule is Cc1nc(C(C)C)c2ccc(F)cc2n1. The van der Waals surface area contributed by atoms with E-state index in [1.54, 1.807) is 6.07 Å². The molecule has 2 nitrogen and oxygen atoms in total. The van der Waals surface area contributed by atoms with Crippen molar-refractivity contribution in [3.63, 3.8) is 0 Å². The van der Waals surface area contributed by atoms with E-state index in [2.05, 4.69) is 23.8 Å². The molecular formula is C12H13FN2. The molecule has 0 radical (unpaired) electrons. The average molecular weight is 204 g/mol. The number of nitrogens with zero attached hydrogens (tertiary/aromatic N) is 2. The van der Waals surface area contributed by atoms with Gasteiger partial charge in [0.15, 0.2) is 0 Å². The highest BCUT2D eigenvalue weighted by atomic mass is 19.1. The Bertz CT molecular complexity index is 501. The zero-order valence-electron chi connectivity index (χ0n) is 9.08. The Morgan fingerprint density at radius 1 is 1.20 bits per heavy atom. The molecule has 0 saturated carbocycles. The van der Waals surface area contributed by atoms with Crippen molar-refractivity contribution >= 4 is 10.9 Å². The molecule has 0 aliphatic heterocycles. The zero-order chi connectivity index (χ0) is 11.0. The van der Waals surface area contributed by atoms with Crippen molar-refractivity contribution < 1.29 is 4.39 Å². The molecule has 0 fully saturated rings. The maximum atomic E-state index is 13.0. The number of aryl methyl sites for hydroxylation is 1. The number of halogens is 1. The molecule has 1 aromatic carbocycles. The lowest BCUT2D eigenvalue weighted by Gasteiger charge is -2.09. The Morgan fingerprint density at radius 2 is 1.93 bits per heavy atom. The summed E-state index contributed by atoms with van der Waals surface area (Å²) in [6.07, 6.45) is 0. The third-order valence-corrected chi connectivity index (χ3v) is 2.35. The molecule has 1 aromatic heterocycles. The Kier molecular flexibility index (Phi) is 2.39. The normalized spacial score (nSPS) is 11.3. The van der Waals surface area contributed by atoms with Crippen molar-refractivity contribution in [1.29, 1.82) is 0 Å². The van der Waals surface area contributed by atoms with Gasteiger partial charge in [-0.15, -0.1) is 0 Å². The summed E-state index contributed by atoms with van der Waals surface area (Å²) in [5.74, 6) is 0.756. The molecule has 0 unspecified atom stereocenters. The van der Waals surface area contributed by atoms with Gasteiger partial charge in [-0.3, -0.25) is 0 Å². The van der Waals surface area contributed by atoms with Gasteiger partial charge in [0.05, 0.1) is 11.2 Å². The van der Waals surface area contributed by atoms with Crippen LogP contribution in [0.2, 0.25) is 0 Å². The van der Waals surface area contributed by atoms with Crippen molar-refractivity contribution in [3.8, 4) is 0 Å². The lowest BCUT2D eigenvalue weighted by molar-refractivity contribution is 0.629. The van der Waals surface area contributed by atoms with Gasteiger partial charge >= 0.3 is 0 Å². The van der Waals surface area contributed by atoms with E-state index >= 15 is 0 Å². The van der Waals surface area contributed by atoms with Gasteiger partial charge < -0.3 is 0 Å². The van der Waals surface area contributed by atoms with Crippen molar-refractivity contribution in [3.05, 3.63) is 35.5 Å². The number of fused-ring (bicyclic) bond motifs is 1. The van der Waals surface area contributed by atoms with Crippen molar-refractivity contribution in [2.75, 3.05) is 0 Å². The van der Waals surface area contributed by atoms with Gasteiger partial charge in [-0.2, -0.15) is 0 Å². The minimum absolute atomic E-state index is 0.254. The predicted molar refractivity (Wildman–Crippen MR) is 58.3 cm³/mol. The van der Waals surface area contributed by atoms with Crippen LogP contribution in [-0.2, 0) is 0 Å². The van der Waals surface area contributed by atoms with E-state index in [1.165, 1.54) is 12.1 Å². The minimum atomic E-state index is -0.254. The van der Waals surface area contributed by atoms with Gasteiger partial charge in [0, 0.05) is 11.5 Å². The molecule has 0 amide bonds. The molecule has 15 heavy (non-hydrogen) atoms. The van der Waals surface area contributed by atoms with E-state index in [9.17, 15) is 4.39 Å². The van der Waals surface area contributed by atoms with Gasteiger partial charge in [0.1, 0.15) is 11.6 Å². The number of aromatic nitrogens is 2. The standard InChI is InChI=1S/C12H13FN2/c1-7(2)12-10-5-4-9(13)6-11(10)14-8(3)15-12/h4-7H,1-3H3. The molecular weight excluding hydrogens is 191 g/mol. The summed E-state index contributed by atoms with van der Waals surface area (Å²) in [5, 5.41) is 0.942. The molecule has 0 aliphatic rings. The largest absolute Gasteiger partial charge is 0.237 e. The molecule has 3 heteroatoms. The maximum absolute atomic E-state index is 13.0. The van der Waals surface area contributed by atoms with Gasteiger partial charge in [0.25, 0.3) is 0 Å². The van der Waals surface area contributed by atoms with Crippen LogP contribution in [0.25, 0.3) is 10.9 Å². The number of rotatable bonds is 1. The summed E-state index contributed by atoms with van der Waals surface area (Å²) in [6.45, 7) is 5.98. The van der Waals surface area contributed by atoms with Crippen LogP contribution in [0.3, 0.4) is 0 Å². The van der Waals surface area contributed by atoms with Crippen molar-refractivity contribution in [2.24, 2.45) is 0 Å². The molecule has 0 aliphatic carbocycles. The second kappa shape index (κ2) is 3.57. The molecule has 0 atom stereocenters. The number of hydrogen-bond acceptors (Lipinski definition) is 2. The molecule has 0 N–H and O–H groups in total. The molecule has 0 bridgehead atoms. The lowest BCUT2D eigenvalue weighted by atomic mass is 10.0. The first kappa shape index (κ1) is 10.0. The minimum Gasteiger partial charge on any atom is -0.237 e. The van der Waals surface area contributed by atoms with E-state index < -0.39 is 0 Å². The van der Waals surface area contributed by atoms with Crippen LogP contribution in [0.15, 0.2) is 18.2 Å². The van der Waals surface area contributed by atoms with Gasteiger partial charge in [-0.1, -0.05) is 13.8 Å². The van der Waals surface area contributed by atoms with Crippen molar-refractivity contribution in [2.45, 2.75) is 26.7 Å². The van der Waals surface area contributed by atoms with Crippen LogP contribution in [0, 0.1) is 12.7 Å². The first-order chi connectivity index (χ1) is 7.08. The first-order valence-electron chi connectivity index (χ1n) is 5.01. The fourth-order valence-corrected chi connectivity index (χ4v) is 1.69. The smallest absolute Gasteiger partial charge is 0.126 e. The second-order valence-electron chi connectivity index (χ2n) is 3.97. The molecule has 1 heterocycles. The third-order valence-electron chi connectivity index (χ3n) is 2.35. The van der Waals surface area contributed by atoms with Crippen LogP contribution in [-0.4, -0.2) is 9.97 Å². The Labute approximate surface area is 88.2 Å². The number of benzene rings is 1. The van der Waals surface area contributed by atoms with Crippen LogP contribution in [0.4, 0.5) is 4.39 Å². The van der Waals surface area contributed by atoms with Crippen LogP contribution < -0.4 is 0 Å². The second-order valence-corrected chi connectivity index (χ2v) is 3.97. The van der Waals surface area contributed by atoms with E-state index in [0.717, 1.165) is 11.1 Å². The van der Waals surface area contributed by atoms with Crippen molar-refractivity contribution in [1.82, 2.24) is 9.97 Å². The Morgan fingerprint density at radius 3 is 2.60 bits per heavy atom. The quantitative estimate of drug-likeness (QED) is 0.712. The molecule has 0 spiro atoms. The monoisotopic (exact) mass is 204 g/mol. The fourth-order valence-electron chi connectivity index (χ4n) is 1.69. The molecule has 2 rings (SSSR count). The first-order valence-corrected chi connectivity index (χ1v) is 5.01. The fraction of sp³-hybridized carbons (Fsp3) is 0.333. The van der Waals surface area contributed by atoms with Gasteiger partial charge in [-0.25, -0.2) is 14.4 Å². The summed E-state index contributed by atoms with van der Waals surface area (Å²) in [4.78, 5) is 8.63. The van der Waals surface area contributed by atoms with Gasteiger partial charge in [-0.05, 0) is 25.0 Å². The molecule has 0 saturated heterocycles. The van der Waals surface area contributed by atoms with Crippen LogP contribution in [0.1, 0.15) is 31.3 Å². The molecule has 78 valence electrons. The highest BCUT2D eigenvalue weighted by Gasteiger charge is 2.09. The zero-order valence-corrected chi connectivity index (χ0v) is 9.08. The summed E-state index contributed by atoms with van der Waals surface area (Å²) in [5.41, 5.74) is 1.67. The third kappa shape index (κ3) is 1.82. The number of hydrogen-bond donors (Lipinski definition) is 0. The van der Waals surface area contributed by atoms with Crippen LogP contribution >= 0.6 is 0 Å². The predicted octanol–water partition coefficient (Wildman–Crippen LogP) is 3.20. The average Bonchev–Trinajstić information content (AvgIpc) is 2.15. The van der Waals surface area contributed by atoms with E-state index in [1.807, 2.05) is 6.92 Å². The van der Waals surface area contributed by atoms with E-state index in [-0.39, 0.29) is 5.82 Å². The van der Waals surface area contributed by atoms with Crippen LogP contribution in [0.5, 0.6) is 0 Å². The van der Waals surface area contributed by atoms with E-state index in [0.29, 0.717) is 17.3 Å². The summed E-state index contributed by atoms with van der Waals surface area (Å²) in [7, 11) is 0. The summed E-state index contributed by atoms with van der Waals surface area (Å²) >= 11 is 0. The highest BCUT2D eigenvalue weighted by molar-refractivity contribution is 5.81. The topological polar surface area (TPSA) is 25.8 Å². The summed E-state index contributed by atoms with van der Waals surface area (Å²) in [6, 6.07) is 4.65. The Balaban J connectivity index is 2.80. The van der Waals surface area contributed by atoms with Gasteiger partial charge in [0.2, 0.25) is 0 Å². The Hall–Kier alpha value is -1.51. The highest BCUT2D eigenvalue weighted by Crippen LogP contribution is 2.23. The maximum Gasteiger partial charge on any atom is 0.126 e. The summed E-state index contributed by atoms with van der Waals surface area (Å²) < 4.78 is 13.0.